The van der Waals surface area contributed by atoms with E-state index in [-0.39, 0.29) is 10.7 Å². The fourth-order valence-electron chi connectivity index (χ4n) is 0.868. The van der Waals surface area contributed by atoms with Gasteiger partial charge >= 0.3 is 6.18 Å². The molecule has 0 amide bonds. The van der Waals surface area contributed by atoms with Crippen molar-refractivity contribution in [3.63, 3.8) is 0 Å². The van der Waals surface area contributed by atoms with Gasteiger partial charge in [0.05, 0.1) is 16.3 Å². The summed E-state index contributed by atoms with van der Waals surface area (Å²) in [5.74, 6) is 0. The summed E-state index contributed by atoms with van der Waals surface area (Å²) in [6, 6.07) is 2.43. The summed E-state index contributed by atoms with van der Waals surface area (Å²) in [6.07, 6.45) is -4.49. The third-order valence-electron chi connectivity index (χ3n) is 1.49. The zero-order valence-corrected chi connectivity index (χ0v) is 8.58. The van der Waals surface area contributed by atoms with Gasteiger partial charge in [-0.15, -0.1) is 0 Å². The molecule has 0 radical (unpaired) electrons. The van der Waals surface area contributed by atoms with Crippen LogP contribution in [-0.4, -0.2) is 8.76 Å². The van der Waals surface area contributed by atoms with Gasteiger partial charge in [0, 0.05) is 0 Å². The number of alkyl halides is 3. The molecule has 1 rings (SSSR count). The third-order valence-corrected chi connectivity index (χ3v) is 2.20. The summed E-state index contributed by atoms with van der Waals surface area (Å²) in [6.45, 7) is 0. The molecular weight excluding hydrogens is 255 g/mol. The SMILES string of the molecule is O=S(O)Nc1ccc(C(F)(F)F)cc1Cl. The second-order valence-electron chi connectivity index (χ2n) is 2.54. The lowest BCUT2D eigenvalue weighted by atomic mass is 10.2. The highest BCUT2D eigenvalue weighted by atomic mass is 35.5. The molecule has 1 atom stereocenters. The van der Waals surface area contributed by atoms with Gasteiger partial charge in [-0.3, -0.25) is 9.27 Å². The Labute approximate surface area is 90.7 Å². The molecular formula is C7H5ClF3NO2S. The Morgan fingerprint density at radius 3 is 2.40 bits per heavy atom. The number of benzene rings is 1. The molecule has 0 heterocycles. The summed E-state index contributed by atoms with van der Waals surface area (Å²) in [5.41, 5.74) is -0.952. The molecule has 0 aliphatic carbocycles. The van der Waals surface area contributed by atoms with E-state index in [9.17, 15) is 17.4 Å². The van der Waals surface area contributed by atoms with Crippen molar-refractivity contribution in [2.24, 2.45) is 0 Å². The quantitative estimate of drug-likeness (QED) is 0.803. The lowest BCUT2D eigenvalue weighted by Crippen LogP contribution is -2.07. The molecule has 0 bridgehead atoms. The van der Waals surface area contributed by atoms with Crippen LogP contribution >= 0.6 is 11.6 Å². The van der Waals surface area contributed by atoms with Gasteiger partial charge in [0.15, 0.2) is 0 Å². The van der Waals surface area contributed by atoms with Crippen molar-refractivity contribution in [1.82, 2.24) is 0 Å². The summed E-state index contributed by atoms with van der Waals surface area (Å²) < 4.78 is 57.3. The van der Waals surface area contributed by atoms with E-state index in [4.69, 9.17) is 16.2 Å². The van der Waals surface area contributed by atoms with Gasteiger partial charge in [-0.25, -0.2) is 4.21 Å². The Bertz CT molecular complexity index is 396. The van der Waals surface area contributed by atoms with E-state index >= 15 is 0 Å². The number of halogens is 4. The van der Waals surface area contributed by atoms with Crippen molar-refractivity contribution >= 4 is 28.6 Å². The van der Waals surface area contributed by atoms with Crippen molar-refractivity contribution in [3.05, 3.63) is 28.8 Å². The minimum atomic E-state index is -4.49. The van der Waals surface area contributed by atoms with Gasteiger partial charge in [0.2, 0.25) is 0 Å². The largest absolute Gasteiger partial charge is 0.416 e. The van der Waals surface area contributed by atoms with E-state index in [0.717, 1.165) is 12.1 Å². The Morgan fingerprint density at radius 1 is 1.40 bits per heavy atom. The highest BCUT2D eigenvalue weighted by Gasteiger charge is 2.30. The van der Waals surface area contributed by atoms with Crippen LogP contribution in [0.5, 0.6) is 0 Å². The second kappa shape index (κ2) is 4.38. The van der Waals surface area contributed by atoms with Crippen LogP contribution in [0.3, 0.4) is 0 Å². The van der Waals surface area contributed by atoms with Gasteiger partial charge in [-0.2, -0.15) is 13.2 Å². The maximum atomic E-state index is 12.2. The highest BCUT2D eigenvalue weighted by Crippen LogP contribution is 2.33. The molecule has 0 spiro atoms. The molecule has 0 saturated carbocycles. The first-order valence-electron chi connectivity index (χ1n) is 3.55. The molecule has 1 aromatic rings. The zero-order valence-electron chi connectivity index (χ0n) is 7.01. The molecule has 8 heteroatoms. The first-order chi connectivity index (χ1) is 6.80. The topological polar surface area (TPSA) is 49.3 Å². The monoisotopic (exact) mass is 259 g/mol. The summed E-state index contributed by atoms with van der Waals surface area (Å²) in [4.78, 5) is 0. The van der Waals surface area contributed by atoms with Crippen molar-refractivity contribution < 1.29 is 21.9 Å². The van der Waals surface area contributed by atoms with E-state index in [0.29, 0.717) is 6.07 Å². The molecule has 1 unspecified atom stereocenters. The average molecular weight is 260 g/mol. The van der Waals surface area contributed by atoms with Crippen molar-refractivity contribution in [2.45, 2.75) is 6.18 Å². The first-order valence-corrected chi connectivity index (χ1v) is 5.03. The van der Waals surface area contributed by atoms with Crippen molar-refractivity contribution in [1.29, 1.82) is 0 Å². The molecule has 3 nitrogen and oxygen atoms in total. The van der Waals surface area contributed by atoms with Gasteiger partial charge in [0.1, 0.15) is 0 Å². The van der Waals surface area contributed by atoms with Gasteiger partial charge < -0.3 is 0 Å². The summed E-state index contributed by atoms with van der Waals surface area (Å²) in [7, 11) is 0. The number of rotatable bonds is 2. The Kier molecular flexibility index (Phi) is 3.58. The Balaban J connectivity index is 3.03. The molecule has 0 aliphatic heterocycles. The van der Waals surface area contributed by atoms with E-state index in [1.165, 1.54) is 0 Å². The van der Waals surface area contributed by atoms with Gasteiger partial charge in [-0.1, -0.05) is 11.6 Å². The van der Waals surface area contributed by atoms with Crippen LogP contribution in [0.4, 0.5) is 18.9 Å². The molecule has 0 fully saturated rings. The first kappa shape index (κ1) is 12.3. The maximum Gasteiger partial charge on any atom is 0.416 e. The predicted octanol–water partition coefficient (Wildman–Crippen LogP) is 2.91. The van der Waals surface area contributed by atoms with E-state index < -0.39 is 23.0 Å². The normalized spacial score (nSPS) is 13.7. The number of hydrogen-bond donors (Lipinski definition) is 2. The Morgan fingerprint density at radius 2 is 2.00 bits per heavy atom. The zero-order chi connectivity index (χ0) is 11.6. The van der Waals surface area contributed by atoms with E-state index in [1.54, 1.807) is 0 Å². The van der Waals surface area contributed by atoms with Crippen LogP contribution in [-0.2, 0) is 17.4 Å². The third kappa shape index (κ3) is 3.37. The molecule has 0 aromatic heterocycles. The maximum absolute atomic E-state index is 12.2. The van der Waals surface area contributed by atoms with Crippen LogP contribution in [0.2, 0.25) is 5.02 Å². The molecule has 84 valence electrons. The van der Waals surface area contributed by atoms with Crippen LogP contribution in [0.1, 0.15) is 5.56 Å². The van der Waals surface area contributed by atoms with Crippen LogP contribution < -0.4 is 4.72 Å². The molecule has 15 heavy (non-hydrogen) atoms. The lowest BCUT2D eigenvalue weighted by Gasteiger charge is -2.09. The number of hydrogen-bond acceptors (Lipinski definition) is 1. The van der Waals surface area contributed by atoms with E-state index in [2.05, 4.69) is 0 Å². The highest BCUT2D eigenvalue weighted by molar-refractivity contribution is 7.80. The van der Waals surface area contributed by atoms with Crippen LogP contribution in [0, 0.1) is 0 Å². The van der Waals surface area contributed by atoms with Crippen LogP contribution in [0.15, 0.2) is 18.2 Å². The number of anilines is 1. The predicted molar refractivity (Wildman–Crippen MR) is 50.8 cm³/mol. The smallest absolute Gasteiger partial charge is 0.289 e. The average Bonchev–Trinajstić information content (AvgIpc) is 2.05. The van der Waals surface area contributed by atoms with Crippen molar-refractivity contribution in [2.75, 3.05) is 4.72 Å². The molecule has 1 aromatic carbocycles. The minimum Gasteiger partial charge on any atom is -0.289 e. The molecule has 2 N–H and O–H groups in total. The number of nitrogens with one attached hydrogen (secondary N) is 1. The molecule has 0 saturated heterocycles. The summed E-state index contributed by atoms with van der Waals surface area (Å²) in [5, 5.41) is -0.271. The lowest BCUT2D eigenvalue weighted by molar-refractivity contribution is -0.137. The van der Waals surface area contributed by atoms with E-state index in [1.807, 2.05) is 4.72 Å². The Hall–Kier alpha value is -0.790. The second-order valence-corrected chi connectivity index (χ2v) is 3.65. The standard InChI is InChI=1S/C7H5ClF3NO2S/c8-5-3-4(7(9,10)11)1-2-6(5)12-15(13)14/h1-3,12H,(H,13,14). The van der Waals surface area contributed by atoms with Gasteiger partial charge in [-0.05, 0) is 18.2 Å². The van der Waals surface area contributed by atoms with Gasteiger partial charge in [0.25, 0.3) is 11.3 Å². The fourth-order valence-corrected chi connectivity index (χ4v) is 1.52. The molecule has 0 aliphatic rings. The van der Waals surface area contributed by atoms with Crippen molar-refractivity contribution in [3.8, 4) is 0 Å². The fraction of sp³-hybridized carbons (Fsp3) is 0.143. The van der Waals surface area contributed by atoms with Crippen LogP contribution in [0.25, 0.3) is 0 Å². The minimum absolute atomic E-state index is 0.0366. The summed E-state index contributed by atoms with van der Waals surface area (Å²) >= 11 is 3.10.